The van der Waals surface area contributed by atoms with E-state index in [4.69, 9.17) is 14.6 Å². The molecule has 1 amide bonds. The lowest BCUT2D eigenvalue weighted by Gasteiger charge is -2.17. The van der Waals surface area contributed by atoms with Gasteiger partial charge in [-0.05, 0) is 29.7 Å². The summed E-state index contributed by atoms with van der Waals surface area (Å²) in [7, 11) is 1.59. The molecule has 2 aromatic carbocycles. The fraction of sp³-hybridized carbons (Fsp3) is 0.333. The standard InChI is InChI=1S/C21H23NO5/c1-26-19-11-15(9-10-22-13-17(21(24)25)12-20(22)23)7-8-18(19)27-14-16-5-3-2-4-6-16/h2-8,11,17H,9-10,12-14H2,1H3,(H,24,25). The summed E-state index contributed by atoms with van der Waals surface area (Å²) in [5.74, 6) is -0.307. The predicted octanol–water partition coefficient (Wildman–Crippen LogP) is 2.75. The molecule has 1 fully saturated rings. The third kappa shape index (κ3) is 4.78. The molecule has 2 aromatic rings. The number of nitrogens with zero attached hydrogens (tertiary/aromatic N) is 1. The number of amides is 1. The molecule has 1 unspecified atom stereocenters. The Balaban J connectivity index is 1.59. The van der Waals surface area contributed by atoms with E-state index in [9.17, 15) is 9.59 Å². The number of benzene rings is 2. The van der Waals surface area contributed by atoms with E-state index in [0.717, 1.165) is 11.1 Å². The number of hydrogen-bond acceptors (Lipinski definition) is 4. The topological polar surface area (TPSA) is 76.1 Å². The lowest BCUT2D eigenvalue weighted by Crippen LogP contribution is -2.28. The quantitative estimate of drug-likeness (QED) is 0.774. The fourth-order valence-corrected chi connectivity index (χ4v) is 3.14. The first-order chi connectivity index (χ1) is 13.1. The predicted molar refractivity (Wildman–Crippen MR) is 99.8 cm³/mol. The second-order valence-electron chi connectivity index (χ2n) is 6.59. The highest BCUT2D eigenvalue weighted by Crippen LogP contribution is 2.29. The molecule has 0 radical (unpaired) electrons. The van der Waals surface area contributed by atoms with Crippen LogP contribution in [0.4, 0.5) is 0 Å². The average molecular weight is 369 g/mol. The van der Waals surface area contributed by atoms with Crippen LogP contribution in [0.15, 0.2) is 48.5 Å². The van der Waals surface area contributed by atoms with Crippen molar-refractivity contribution in [2.24, 2.45) is 5.92 Å². The monoisotopic (exact) mass is 369 g/mol. The van der Waals surface area contributed by atoms with E-state index in [2.05, 4.69) is 0 Å². The molecule has 3 rings (SSSR count). The van der Waals surface area contributed by atoms with Crippen LogP contribution in [0.1, 0.15) is 17.5 Å². The van der Waals surface area contributed by atoms with E-state index >= 15 is 0 Å². The Morgan fingerprint density at radius 2 is 1.93 bits per heavy atom. The molecule has 6 heteroatoms. The Labute approximate surface area is 158 Å². The Kier molecular flexibility index (Phi) is 5.96. The van der Waals surface area contributed by atoms with Crippen molar-refractivity contribution in [3.05, 3.63) is 59.7 Å². The highest BCUT2D eigenvalue weighted by molar-refractivity contribution is 5.86. The summed E-state index contributed by atoms with van der Waals surface area (Å²) in [5, 5.41) is 9.06. The van der Waals surface area contributed by atoms with Gasteiger partial charge in [0.1, 0.15) is 6.61 Å². The number of aliphatic carboxylic acids is 1. The fourth-order valence-electron chi connectivity index (χ4n) is 3.14. The van der Waals surface area contributed by atoms with Gasteiger partial charge in [0, 0.05) is 19.5 Å². The van der Waals surface area contributed by atoms with Gasteiger partial charge >= 0.3 is 5.97 Å². The molecule has 0 spiro atoms. The number of carbonyl (C=O) groups is 2. The van der Waals surface area contributed by atoms with Crippen molar-refractivity contribution in [2.75, 3.05) is 20.2 Å². The van der Waals surface area contributed by atoms with Crippen molar-refractivity contribution in [3.8, 4) is 11.5 Å². The highest BCUT2D eigenvalue weighted by Gasteiger charge is 2.33. The molecule has 142 valence electrons. The normalized spacial score (nSPS) is 16.4. The van der Waals surface area contributed by atoms with Crippen LogP contribution < -0.4 is 9.47 Å². The number of rotatable bonds is 8. The van der Waals surface area contributed by atoms with E-state index in [-0.39, 0.29) is 18.9 Å². The van der Waals surface area contributed by atoms with Gasteiger partial charge in [0.2, 0.25) is 5.91 Å². The molecule has 0 bridgehead atoms. The van der Waals surface area contributed by atoms with E-state index in [1.54, 1.807) is 12.0 Å². The van der Waals surface area contributed by atoms with Crippen LogP contribution in [-0.4, -0.2) is 42.1 Å². The van der Waals surface area contributed by atoms with E-state index < -0.39 is 11.9 Å². The van der Waals surface area contributed by atoms with Gasteiger partial charge in [-0.3, -0.25) is 9.59 Å². The summed E-state index contributed by atoms with van der Waals surface area (Å²) >= 11 is 0. The number of methoxy groups -OCH3 is 1. The van der Waals surface area contributed by atoms with Crippen molar-refractivity contribution >= 4 is 11.9 Å². The second kappa shape index (κ2) is 8.58. The van der Waals surface area contributed by atoms with Gasteiger partial charge in [-0.25, -0.2) is 0 Å². The van der Waals surface area contributed by atoms with Crippen LogP contribution in [0.25, 0.3) is 0 Å². The first kappa shape index (κ1) is 18.8. The Morgan fingerprint density at radius 3 is 2.59 bits per heavy atom. The van der Waals surface area contributed by atoms with E-state index in [1.165, 1.54) is 0 Å². The number of hydrogen-bond donors (Lipinski definition) is 1. The molecule has 1 N–H and O–H groups in total. The maximum absolute atomic E-state index is 11.9. The minimum atomic E-state index is -0.910. The number of likely N-dealkylation sites (tertiary alicyclic amines) is 1. The smallest absolute Gasteiger partial charge is 0.308 e. The van der Waals surface area contributed by atoms with Gasteiger partial charge in [-0.15, -0.1) is 0 Å². The summed E-state index contributed by atoms with van der Waals surface area (Å²) in [6, 6.07) is 15.6. The lowest BCUT2D eigenvalue weighted by atomic mass is 10.1. The molecule has 27 heavy (non-hydrogen) atoms. The van der Waals surface area contributed by atoms with Crippen LogP contribution >= 0.6 is 0 Å². The molecular formula is C21H23NO5. The van der Waals surface area contributed by atoms with Crippen LogP contribution in [0.5, 0.6) is 11.5 Å². The van der Waals surface area contributed by atoms with Crippen LogP contribution in [0.3, 0.4) is 0 Å². The van der Waals surface area contributed by atoms with Crippen molar-refractivity contribution in [1.82, 2.24) is 4.90 Å². The molecular weight excluding hydrogens is 346 g/mol. The third-order valence-corrected chi connectivity index (χ3v) is 4.70. The van der Waals surface area contributed by atoms with Crippen LogP contribution in [-0.2, 0) is 22.6 Å². The maximum atomic E-state index is 11.9. The molecule has 1 atom stereocenters. The largest absolute Gasteiger partial charge is 0.493 e. The number of ether oxygens (including phenoxy) is 2. The second-order valence-corrected chi connectivity index (χ2v) is 6.59. The van der Waals surface area contributed by atoms with E-state index in [1.807, 2.05) is 48.5 Å². The lowest BCUT2D eigenvalue weighted by molar-refractivity contribution is -0.141. The van der Waals surface area contributed by atoms with Gasteiger partial charge in [0.05, 0.1) is 13.0 Å². The molecule has 6 nitrogen and oxygen atoms in total. The maximum Gasteiger partial charge on any atom is 0.308 e. The van der Waals surface area contributed by atoms with Gasteiger partial charge in [-0.2, -0.15) is 0 Å². The molecule has 0 aliphatic carbocycles. The van der Waals surface area contributed by atoms with Crippen molar-refractivity contribution in [3.63, 3.8) is 0 Å². The van der Waals surface area contributed by atoms with Gasteiger partial charge < -0.3 is 19.5 Å². The first-order valence-electron chi connectivity index (χ1n) is 8.91. The number of carboxylic acids is 1. The molecule has 0 aromatic heterocycles. The van der Waals surface area contributed by atoms with Gasteiger partial charge in [0.15, 0.2) is 11.5 Å². The van der Waals surface area contributed by atoms with Crippen molar-refractivity contribution in [1.29, 1.82) is 0 Å². The summed E-state index contributed by atoms with van der Waals surface area (Å²) in [6.07, 6.45) is 0.721. The third-order valence-electron chi connectivity index (χ3n) is 4.70. The summed E-state index contributed by atoms with van der Waals surface area (Å²) < 4.78 is 11.3. The minimum Gasteiger partial charge on any atom is -0.493 e. The average Bonchev–Trinajstić information content (AvgIpc) is 3.07. The van der Waals surface area contributed by atoms with Gasteiger partial charge in [0.25, 0.3) is 0 Å². The zero-order chi connectivity index (χ0) is 19.2. The summed E-state index contributed by atoms with van der Waals surface area (Å²) in [5.41, 5.74) is 2.08. The Bertz CT molecular complexity index is 805. The Morgan fingerprint density at radius 1 is 1.15 bits per heavy atom. The number of carbonyl (C=O) groups excluding carboxylic acids is 1. The Hall–Kier alpha value is -3.02. The SMILES string of the molecule is COc1cc(CCN2CC(C(=O)O)CC2=O)ccc1OCc1ccccc1. The molecule has 1 aliphatic heterocycles. The highest BCUT2D eigenvalue weighted by atomic mass is 16.5. The summed E-state index contributed by atoms with van der Waals surface area (Å²) in [6.45, 7) is 1.23. The van der Waals surface area contributed by atoms with Crippen LogP contribution in [0, 0.1) is 5.92 Å². The molecule has 1 aliphatic rings. The van der Waals surface area contributed by atoms with Crippen LogP contribution in [0.2, 0.25) is 0 Å². The molecule has 1 saturated heterocycles. The summed E-state index contributed by atoms with van der Waals surface area (Å²) in [4.78, 5) is 24.6. The first-order valence-corrected chi connectivity index (χ1v) is 8.91. The molecule has 0 saturated carbocycles. The molecule has 1 heterocycles. The van der Waals surface area contributed by atoms with Gasteiger partial charge in [-0.1, -0.05) is 36.4 Å². The number of carboxylic acid groups (broad SMARTS) is 1. The zero-order valence-corrected chi connectivity index (χ0v) is 15.3. The minimum absolute atomic E-state index is 0.0882. The zero-order valence-electron chi connectivity index (χ0n) is 15.3. The van der Waals surface area contributed by atoms with Crippen molar-refractivity contribution < 1.29 is 24.2 Å². The van der Waals surface area contributed by atoms with Crippen molar-refractivity contribution in [2.45, 2.75) is 19.4 Å². The van der Waals surface area contributed by atoms with E-state index in [0.29, 0.717) is 31.1 Å².